The Labute approximate surface area is 161 Å². The van der Waals surface area contributed by atoms with E-state index in [0.29, 0.717) is 5.69 Å². The van der Waals surface area contributed by atoms with Gasteiger partial charge in [0.1, 0.15) is 17.8 Å². The van der Waals surface area contributed by atoms with Crippen LogP contribution in [-0.2, 0) is 6.54 Å². The molecule has 0 spiro atoms. The number of benzene rings is 1. The highest BCUT2D eigenvalue weighted by Gasteiger charge is 2.23. The topological polar surface area (TPSA) is 52.6 Å². The first-order valence-corrected chi connectivity index (χ1v) is 9.72. The molecule has 0 bridgehead atoms. The van der Waals surface area contributed by atoms with Crippen LogP contribution in [0.4, 0.5) is 5.82 Å². The molecule has 1 saturated heterocycles. The van der Waals surface area contributed by atoms with Crippen LogP contribution in [0.1, 0.15) is 36.8 Å². The lowest BCUT2D eigenvalue weighted by Gasteiger charge is -2.34. The minimum absolute atomic E-state index is 0.00202. The standard InChI is InChI=1S/C21H29N5O/c1-4-24-10-12-25(13-11-24)21(27)19-14-20(23-16-22-19)26(17(2)3)15-18-8-6-5-7-9-18/h5-9,14,16-17H,4,10-13,15H2,1-3H3. The quantitative estimate of drug-likeness (QED) is 0.786. The van der Waals surface area contributed by atoms with Crippen LogP contribution in [0.3, 0.4) is 0 Å². The lowest BCUT2D eigenvalue weighted by molar-refractivity contribution is 0.0637. The summed E-state index contributed by atoms with van der Waals surface area (Å²) in [5, 5.41) is 0. The van der Waals surface area contributed by atoms with Crippen LogP contribution >= 0.6 is 0 Å². The molecule has 1 aromatic carbocycles. The fourth-order valence-electron chi connectivity index (χ4n) is 3.36. The molecule has 0 N–H and O–H groups in total. The Morgan fingerprint density at radius 2 is 1.81 bits per heavy atom. The van der Waals surface area contributed by atoms with E-state index in [2.05, 4.69) is 52.7 Å². The molecule has 2 heterocycles. The van der Waals surface area contributed by atoms with Crippen molar-refractivity contribution in [1.82, 2.24) is 19.8 Å². The molecule has 0 saturated carbocycles. The molecule has 1 amide bonds. The maximum absolute atomic E-state index is 12.9. The van der Waals surface area contributed by atoms with Gasteiger partial charge in [-0.25, -0.2) is 9.97 Å². The maximum atomic E-state index is 12.9. The van der Waals surface area contributed by atoms with Crippen molar-refractivity contribution in [3.05, 3.63) is 54.0 Å². The van der Waals surface area contributed by atoms with Crippen molar-refractivity contribution in [2.45, 2.75) is 33.4 Å². The molecule has 1 aliphatic heterocycles. The number of hydrogen-bond acceptors (Lipinski definition) is 5. The van der Waals surface area contributed by atoms with Gasteiger partial charge in [-0.3, -0.25) is 4.79 Å². The zero-order valence-electron chi connectivity index (χ0n) is 16.5. The third-order valence-corrected chi connectivity index (χ3v) is 5.09. The third kappa shape index (κ3) is 4.83. The van der Waals surface area contributed by atoms with Crippen LogP contribution in [-0.4, -0.2) is 64.4 Å². The van der Waals surface area contributed by atoms with Gasteiger partial charge in [0.2, 0.25) is 0 Å². The summed E-state index contributed by atoms with van der Waals surface area (Å²) in [6.07, 6.45) is 1.51. The zero-order chi connectivity index (χ0) is 19.2. The van der Waals surface area contributed by atoms with E-state index in [1.807, 2.05) is 29.2 Å². The Hall–Kier alpha value is -2.47. The molecule has 0 aliphatic carbocycles. The number of amides is 1. The van der Waals surface area contributed by atoms with Crippen LogP contribution in [0.25, 0.3) is 0 Å². The van der Waals surface area contributed by atoms with Gasteiger partial charge in [-0.05, 0) is 26.0 Å². The first-order chi connectivity index (χ1) is 13.1. The van der Waals surface area contributed by atoms with E-state index >= 15 is 0 Å². The van der Waals surface area contributed by atoms with Gasteiger partial charge in [0.15, 0.2) is 0 Å². The van der Waals surface area contributed by atoms with Gasteiger partial charge in [-0.1, -0.05) is 37.3 Å². The zero-order valence-corrected chi connectivity index (χ0v) is 16.5. The van der Waals surface area contributed by atoms with Gasteiger partial charge >= 0.3 is 0 Å². The Bertz CT molecular complexity index is 741. The van der Waals surface area contributed by atoms with Crippen LogP contribution in [0.15, 0.2) is 42.7 Å². The molecule has 0 atom stereocenters. The number of hydrogen-bond donors (Lipinski definition) is 0. The lowest BCUT2D eigenvalue weighted by Crippen LogP contribution is -2.48. The van der Waals surface area contributed by atoms with Crippen molar-refractivity contribution >= 4 is 11.7 Å². The molecule has 1 aromatic heterocycles. The van der Waals surface area contributed by atoms with E-state index in [1.165, 1.54) is 11.9 Å². The number of likely N-dealkylation sites (N-methyl/N-ethyl adjacent to an activating group) is 1. The normalized spacial score (nSPS) is 15.2. The fraction of sp³-hybridized carbons (Fsp3) is 0.476. The summed E-state index contributed by atoms with van der Waals surface area (Å²) >= 11 is 0. The second kappa shape index (κ2) is 8.95. The van der Waals surface area contributed by atoms with E-state index in [4.69, 9.17) is 0 Å². The molecule has 144 valence electrons. The molecule has 1 fully saturated rings. The molecule has 2 aromatic rings. The molecular weight excluding hydrogens is 338 g/mol. The predicted molar refractivity (Wildman–Crippen MR) is 108 cm³/mol. The van der Waals surface area contributed by atoms with E-state index in [9.17, 15) is 4.79 Å². The summed E-state index contributed by atoms with van der Waals surface area (Å²) in [6.45, 7) is 11.6. The first kappa shape index (κ1) is 19.3. The minimum Gasteiger partial charge on any atom is -0.350 e. The van der Waals surface area contributed by atoms with Gasteiger partial charge in [-0.15, -0.1) is 0 Å². The van der Waals surface area contributed by atoms with E-state index in [1.54, 1.807) is 0 Å². The molecular formula is C21H29N5O. The van der Waals surface area contributed by atoms with Crippen molar-refractivity contribution in [2.24, 2.45) is 0 Å². The predicted octanol–water partition coefficient (Wildman–Crippen LogP) is 2.67. The molecule has 0 unspecified atom stereocenters. The largest absolute Gasteiger partial charge is 0.350 e. The highest BCUT2D eigenvalue weighted by molar-refractivity contribution is 5.93. The van der Waals surface area contributed by atoms with Gasteiger partial charge < -0.3 is 14.7 Å². The number of carbonyl (C=O) groups is 1. The summed E-state index contributed by atoms with van der Waals surface area (Å²) in [5.41, 5.74) is 1.69. The summed E-state index contributed by atoms with van der Waals surface area (Å²) in [7, 11) is 0. The summed E-state index contributed by atoms with van der Waals surface area (Å²) in [5.74, 6) is 0.789. The van der Waals surface area contributed by atoms with Crippen LogP contribution in [0.5, 0.6) is 0 Å². The molecule has 0 radical (unpaired) electrons. The number of rotatable bonds is 6. The highest BCUT2D eigenvalue weighted by atomic mass is 16.2. The third-order valence-electron chi connectivity index (χ3n) is 5.09. The van der Waals surface area contributed by atoms with Crippen molar-refractivity contribution < 1.29 is 4.79 Å². The van der Waals surface area contributed by atoms with Crippen molar-refractivity contribution in [2.75, 3.05) is 37.6 Å². The lowest BCUT2D eigenvalue weighted by atomic mass is 10.2. The molecule has 6 heteroatoms. The molecule has 3 rings (SSSR count). The Morgan fingerprint density at radius 3 is 2.44 bits per heavy atom. The smallest absolute Gasteiger partial charge is 0.272 e. The summed E-state index contributed by atoms with van der Waals surface area (Å²) < 4.78 is 0. The van der Waals surface area contributed by atoms with Crippen LogP contribution in [0, 0.1) is 0 Å². The second-order valence-corrected chi connectivity index (χ2v) is 7.20. The number of carbonyl (C=O) groups excluding carboxylic acids is 1. The Kier molecular flexibility index (Phi) is 6.40. The molecule has 6 nitrogen and oxygen atoms in total. The van der Waals surface area contributed by atoms with E-state index in [-0.39, 0.29) is 11.9 Å². The maximum Gasteiger partial charge on any atom is 0.272 e. The molecule has 27 heavy (non-hydrogen) atoms. The van der Waals surface area contributed by atoms with Crippen molar-refractivity contribution in [3.63, 3.8) is 0 Å². The van der Waals surface area contributed by atoms with Gasteiger partial charge in [-0.2, -0.15) is 0 Å². The van der Waals surface area contributed by atoms with Gasteiger partial charge in [0, 0.05) is 44.8 Å². The van der Waals surface area contributed by atoms with Crippen LogP contribution < -0.4 is 4.90 Å². The number of nitrogens with zero attached hydrogens (tertiary/aromatic N) is 5. The van der Waals surface area contributed by atoms with Crippen LogP contribution in [0.2, 0.25) is 0 Å². The molecule has 1 aliphatic rings. The summed E-state index contributed by atoms with van der Waals surface area (Å²) in [6, 6.07) is 12.4. The minimum atomic E-state index is -0.00202. The van der Waals surface area contributed by atoms with Gasteiger partial charge in [0.05, 0.1) is 0 Å². The fourth-order valence-corrected chi connectivity index (χ4v) is 3.36. The monoisotopic (exact) mass is 367 g/mol. The van der Waals surface area contributed by atoms with E-state index < -0.39 is 0 Å². The highest BCUT2D eigenvalue weighted by Crippen LogP contribution is 2.19. The number of aromatic nitrogens is 2. The van der Waals surface area contributed by atoms with Crippen molar-refractivity contribution in [3.8, 4) is 0 Å². The summed E-state index contributed by atoms with van der Waals surface area (Å²) in [4.78, 5) is 28.1. The Morgan fingerprint density at radius 1 is 1.11 bits per heavy atom. The van der Waals surface area contributed by atoms with Gasteiger partial charge in [0.25, 0.3) is 5.91 Å². The first-order valence-electron chi connectivity index (χ1n) is 9.72. The van der Waals surface area contributed by atoms with E-state index in [0.717, 1.165) is 45.1 Å². The average molecular weight is 367 g/mol. The Balaban J connectivity index is 1.76. The number of piperazine rings is 1. The SMILES string of the molecule is CCN1CCN(C(=O)c2cc(N(Cc3ccccc3)C(C)C)ncn2)CC1. The number of anilines is 1. The second-order valence-electron chi connectivity index (χ2n) is 7.20. The van der Waals surface area contributed by atoms with Crippen molar-refractivity contribution in [1.29, 1.82) is 0 Å². The average Bonchev–Trinajstić information content (AvgIpc) is 2.72.